The van der Waals surface area contributed by atoms with Crippen LogP contribution in [0.4, 0.5) is 13.2 Å². The number of halogens is 3. The minimum Gasteiger partial charge on any atom is -0.475 e. The van der Waals surface area contributed by atoms with Gasteiger partial charge in [-0.2, -0.15) is 13.2 Å². The number of nitrogens with one attached hydrogen (secondary N) is 1. The topological polar surface area (TPSA) is 96.6 Å². The Balaban J connectivity index is 2.50. The van der Waals surface area contributed by atoms with Crippen molar-refractivity contribution >= 4 is 17.7 Å². The largest absolute Gasteiger partial charge is 0.475 e. The van der Waals surface area contributed by atoms with Gasteiger partial charge in [-0.3, -0.25) is 9.59 Å². The number of carbonyl (C=O) groups is 3. The first-order chi connectivity index (χ1) is 8.71. The van der Waals surface area contributed by atoms with Gasteiger partial charge < -0.3 is 14.8 Å². The van der Waals surface area contributed by atoms with Crippen molar-refractivity contribution < 1.29 is 37.1 Å². The summed E-state index contributed by atoms with van der Waals surface area (Å²) in [6.45, 7) is -0.355. The second-order valence-corrected chi connectivity index (χ2v) is 3.40. The van der Waals surface area contributed by atoms with E-state index >= 15 is 0 Å². The fourth-order valence-electron chi connectivity index (χ4n) is 1.14. The molecule has 6 nitrogen and oxygen atoms in total. The molecule has 0 saturated heterocycles. The van der Waals surface area contributed by atoms with E-state index in [1.54, 1.807) is 5.32 Å². The van der Waals surface area contributed by atoms with E-state index in [1.807, 2.05) is 0 Å². The first-order valence-electron chi connectivity index (χ1n) is 4.93. The fourth-order valence-corrected chi connectivity index (χ4v) is 1.14. The molecule has 1 aromatic rings. The van der Waals surface area contributed by atoms with Gasteiger partial charge in [-0.15, -0.1) is 0 Å². The van der Waals surface area contributed by atoms with Crippen molar-refractivity contribution in [3.05, 3.63) is 23.7 Å². The second kappa shape index (κ2) is 5.55. The summed E-state index contributed by atoms with van der Waals surface area (Å²) in [6, 6.07) is 2.34. The zero-order valence-electron chi connectivity index (χ0n) is 9.28. The first-order valence-corrected chi connectivity index (χ1v) is 4.93. The monoisotopic (exact) mass is 279 g/mol. The molecule has 0 saturated carbocycles. The molecule has 0 spiro atoms. The van der Waals surface area contributed by atoms with E-state index in [-0.39, 0.29) is 18.7 Å². The molecule has 1 heterocycles. The lowest BCUT2D eigenvalue weighted by Gasteiger charge is -2.06. The molecule has 0 aliphatic rings. The van der Waals surface area contributed by atoms with Crippen LogP contribution in [0, 0.1) is 0 Å². The van der Waals surface area contributed by atoms with Crippen LogP contribution >= 0.6 is 0 Å². The number of carboxylic acids is 1. The van der Waals surface area contributed by atoms with Gasteiger partial charge >= 0.3 is 23.8 Å². The van der Waals surface area contributed by atoms with Gasteiger partial charge in [0, 0.05) is 13.0 Å². The van der Waals surface area contributed by atoms with Crippen molar-refractivity contribution in [2.45, 2.75) is 12.6 Å². The van der Waals surface area contributed by atoms with Gasteiger partial charge in [-0.25, -0.2) is 4.79 Å². The maximum Gasteiger partial charge on any atom is 0.471 e. The Morgan fingerprint density at radius 3 is 2.42 bits per heavy atom. The molecular formula is C10H8F3NO5. The average Bonchev–Trinajstić information content (AvgIpc) is 2.75. The van der Waals surface area contributed by atoms with Crippen LogP contribution < -0.4 is 5.32 Å². The Morgan fingerprint density at radius 2 is 1.89 bits per heavy atom. The molecule has 1 aromatic heterocycles. The predicted octanol–water partition coefficient (Wildman–Crippen LogP) is 0.768. The van der Waals surface area contributed by atoms with Gasteiger partial charge in [-0.1, -0.05) is 0 Å². The van der Waals surface area contributed by atoms with Crippen molar-refractivity contribution in [2.75, 3.05) is 6.54 Å². The number of aliphatic carboxylic acids is 1. The third kappa shape index (κ3) is 4.12. The SMILES string of the molecule is O=C(O)C(=O)c1ccc(CCNC(=O)C(F)(F)F)o1. The predicted molar refractivity (Wildman–Crippen MR) is 53.4 cm³/mol. The Kier molecular flexibility index (Phi) is 4.30. The summed E-state index contributed by atoms with van der Waals surface area (Å²) in [5.41, 5.74) is 0. The summed E-state index contributed by atoms with van der Waals surface area (Å²) in [4.78, 5) is 31.7. The van der Waals surface area contributed by atoms with E-state index in [4.69, 9.17) is 9.52 Å². The van der Waals surface area contributed by atoms with Crippen LogP contribution in [0.2, 0.25) is 0 Å². The number of rotatable bonds is 5. The standard InChI is InChI=1S/C10H8F3NO5/c11-10(12,13)9(18)14-4-3-5-1-2-6(19-5)7(15)8(16)17/h1-2H,3-4H2,(H,14,18)(H,16,17). The molecule has 0 aliphatic carbocycles. The number of amides is 1. The van der Waals surface area contributed by atoms with Crippen molar-refractivity contribution in [3.63, 3.8) is 0 Å². The van der Waals surface area contributed by atoms with Crippen molar-refractivity contribution in [1.82, 2.24) is 5.32 Å². The second-order valence-electron chi connectivity index (χ2n) is 3.40. The normalized spacial score (nSPS) is 11.1. The van der Waals surface area contributed by atoms with Crippen LogP contribution in [0.3, 0.4) is 0 Å². The highest BCUT2D eigenvalue weighted by atomic mass is 19.4. The van der Waals surface area contributed by atoms with E-state index in [9.17, 15) is 27.6 Å². The van der Waals surface area contributed by atoms with Crippen LogP contribution in [0.25, 0.3) is 0 Å². The molecule has 0 radical (unpaired) electrons. The van der Waals surface area contributed by atoms with Crippen molar-refractivity contribution in [2.24, 2.45) is 0 Å². The van der Waals surface area contributed by atoms with E-state index in [1.165, 1.54) is 6.07 Å². The van der Waals surface area contributed by atoms with Crippen LogP contribution in [0.5, 0.6) is 0 Å². The molecular weight excluding hydrogens is 271 g/mol. The van der Waals surface area contributed by atoms with E-state index in [0.29, 0.717) is 0 Å². The number of furan rings is 1. The summed E-state index contributed by atoms with van der Waals surface area (Å²) >= 11 is 0. The number of hydrogen-bond acceptors (Lipinski definition) is 4. The number of hydrogen-bond donors (Lipinski definition) is 2. The van der Waals surface area contributed by atoms with E-state index in [2.05, 4.69) is 0 Å². The quantitative estimate of drug-likeness (QED) is 0.613. The minimum atomic E-state index is -4.96. The highest BCUT2D eigenvalue weighted by molar-refractivity contribution is 6.38. The molecule has 0 atom stereocenters. The van der Waals surface area contributed by atoms with Crippen LogP contribution in [0.15, 0.2) is 16.5 Å². The zero-order valence-corrected chi connectivity index (χ0v) is 9.28. The number of carboxylic acid groups (broad SMARTS) is 1. The number of carbonyl (C=O) groups excluding carboxylic acids is 2. The minimum absolute atomic E-state index is 0.0899. The molecule has 0 aromatic carbocycles. The summed E-state index contributed by atoms with van der Waals surface area (Å²) in [5.74, 6) is -5.38. The number of Topliss-reactive ketones (excluding diaryl/α,β-unsaturated/α-hetero) is 1. The van der Waals surface area contributed by atoms with Crippen molar-refractivity contribution in [3.8, 4) is 0 Å². The van der Waals surface area contributed by atoms with Gasteiger partial charge in [0.15, 0.2) is 5.76 Å². The van der Waals surface area contributed by atoms with Crippen molar-refractivity contribution in [1.29, 1.82) is 0 Å². The molecule has 1 amide bonds. The zero-order chi connectivity index (χ0) is 14.6. The molecule has 19 heavy (non-hydrogen) atoms. The Labute approximate surface area is 104 Å². The third-order valence-electron chi connectivity index (χ3n) is 1.99. The smallest absolute Gasteiger partial charge is 0.471 e. The lowest BCUT2D eigenvalue weighted by atomic mass is 10.3. The van der Waals surface area contributed by atoms with Crippen LogP contribution in [0.1, 0.15) is 16.3 Å². The maximum absolute atomic E-state index is 11.8. The lowest BCUT2D eigenvalue weighted by molar-refractivity contribution is -0.173. The molecule has 9 heteroatoms. The van der Waals surface area contributed by atoms with Gasteiger partial charge in [0.2, 0.25) is 0 Å². The third-order valence-corrected chi connectivity index (χ3v) is 1.99. The summed E-state index contributed by atoms with van der Waals surface area (Å²) < 4.78 is 40.3. The van der Waals surface area contributed by atoms with Crippen LogP contribution in [-0.4, -0.2) is 35.5 Å². The molecule has 0 aliphatic heterocycles. The molecule has 104 valence electrons. The lowest BCUT2D eigenvalue weighted by Crippen LogP contribution is -2.37. The molecule has 0 bridgehead atoms. The van der Waals surface area contributed by atoms with E-state index in [0.717, 1.165) is 6.07 Å². The van der Waals surface area contributed by atoms with E-state index < -0.39 is 29.6 Å². The summed E-state index contributed by atoms with van der Waals surface area (Å²) in [6.07, 6.45) is -5.07. The molecule has 2 N–H and O–H groups in total. The molecule has 0 unspecified atom stereocenters. The first kappa shape index (κ1) is 14.7. The summed E-state index contributed by atoms with van der Waals surface area (Å²) in [7, 11) is 0. The Hall–Kier alpha value is -2.32. The fraction of sp³-hybridized carbons (Fsp3) is 0.300. The van der Waals surface area contributed by atoms with Crippen LogP contribution in [-0.2, 0) is 16.0 Å². The summed E-state index contributed by atoms with van der Waals surface area (Å²) in [5, 5.41) is 10.00. The van der Waals surface area contributed by atoms with Gasteiger partial charge in [-0.05, 0) is 12.1 Å². The van der Waals surface area contributed by atoms with Gasteiger partial charge in [0.25, 0.3) is 0 Å². The average molecular weight is 279 g/mol. The Morgan fingerprint density at radius 1 is 1.26 bits per heavy atom. The number of ketones is 1. The molecule has 0 fully saturated rings. The maximum atomic E-state index is 11.8. The van der Waals surface area contributed by atoms with Gasteiger partial charge in [0.1, 0.15) is 5.76 Å². The molecule has 1 rings (SSSR count). The Bertz CT molecular complexity index is 506. The highest BCUT2D eigenvalue weighted by Gasteiger charge is 2.38. The highest BCUT2D eigenvalue weighted by Crippen LogP contribution is 2.14. The number of alkyl halides is 3. The van der Waals surface area contributed by atoms with Gasteiger partial charge in [0.05, 0.1) is 0 Å².